The lowest BCUT2D eigenvalue weighted by atomic mass is 10.1. The van der Waals surface area contributed by atoms with Gasteiger partial charge >= 0.3 is 0 Å². The molecule has 1 aromatic heterocycles. The molecule has 2 aromatic carbocycles. The average molecular weight is 423 g/mol. The summed E-state index contributed by atoms with van der Waals surface area (Å²) in [4.78, 5) is 31.6. The molecule has 0 aliphatic carbocycles. The number of aromatic nitrogens is 1. The maximum absolute atomic E-state index is 13.5. The van der Waals surface area contributed by atoms with Crippen molar-refractivity contribution in [3.05, 3.63) is 62.9 Å². The van der Waals surface area contributed by atoms with Crippen molar-refractivity contribution in [3.8, 4) is 0 Å². The van der Waals surface area contributed by atoms with E-state index in [9.17, 15) is 19.3 Å². The van der Waals surface area contributed by atoms with Crippen LogP contribution in [0.2, 0.25) is 5.02 Å². The third-order valence-electron chi connectivity index (χ3n) is 3.97. The van der Waals surface area contributed by atoms with Crippen LogP contribution in [0.4, 0.5) is 15.2 Å². The van der Waals surface area contributed by atoms with Crippen LogP contribution in [0.3, 0.4) is 0 Å². The van der Waals surface area contributed by atoms with Crippen molar-refractivity contribution in [1.29, 1.82) is 0 Å². The first-order chi connectivity index (χ1) is 13.3. The highest BCUT2D eigenvalue weighted by molar-refractivity contribution is 7.22. The van der Waals surface area contributed by atoms with Gasteiger partial charge in [0, 0.05) is 24.2 Å². The Morgan fingerprint density at radius 2 is 2.00 bits per heavy atom. The smallest absolute Gasteiger partial charge is 0.282 e. The second-order valence-corrected chi connectivity index (χ2v) is 7.73. The van der Waals surface area contributed by atoms with Crippen molar-refractivity contribution in [1.82, 2.24) is 9.88 Å². The Hall–Kier alpha value is -2.62. The predicted molar refractivity (Wildman–Crippen MR) is 108 cm³/mol. The predicted octanol–water partition coefficient (Wildman–Crippen LogP) is 4.21. The second-order valence-electron chi connectivity index (χ2n) is 6.29. The van der Waals surface area contributed by atoms with Crippen LogP contribution in [0.15, 0.2) is 36.4 Å². The van der Waals surface area contributed by atoms with Gasteiger partial charge in [-0.2, -0.15) is 0 Å². The Labute approximate surface area is 169 Å². The normalized spacial score (nSPS) is 11.2. The van der Waals surface area contributed by atoms with Gasteiger partial charge in [0.15, 0.2) is 5.13 Å². The molecule has 0 spiro atoms. The lowest BCUT2D eigenvalue weighted by molar-refractivity contribution is -0.385. The molecule has 0 saturated carbocycles. The van der Waals surface area contributed by atoms with E-state index >= 15 is 0 Å². The van der Waals surface area contributed by atoms with Crippen molar-refractivity contribution >= 4 is 49.9 Å². The van der Waals surface area contributed by atoms with E-state index in [-0.39, 0.29) is 22.8 Å². The molecule has 0 unspecified atom stereocenters. The quantitative estimate of drug-likeness (QED) is 0.439. The number of benzene rings is 2. The summed E-state index contributed by atoms with van der Waals surface area (Å²) in [6, 6.07) is 8.00. The van der Waals surface area contributed by atoms with Gasteiger partial charge in [0.2, 0.25) is 0 Å². The molecule has 3 rings (SSSR count). The van der Waals surface area contributed by atoms with Crippen LogP contribution in [0, 0.1) is 15.9 Å². The largest absolute Gasteiger partial charge is 0.308 e. The molecule has 0 N–H and O–H groups in total. The van der Waals surface area contributed by atoms with Gasteiger partial charge in [0.05, 0.1) is 15.1 Å². The van der Waals surface area contributed by atoms with Gasteiger partial charge in [-0.25, -0.2) is 9.37 Å². The Kier molecular flexibility index (Phi) is 5.87. The van der Waals surface area contributed by atoms with Crippen LogP contribution in [0.5, 0.6) is 0 Å². The lowest BCUT2D eigenvalue weighted by Crippen LogP contribution is -2.37. The zero-order valence-corrected chi connectivity index (χ0v) is 16.6. The van der Waals surface area contributed by atoms with E-state index in [1.165, 1.54) is 41.3 Å². The minimum absolute atomic E-state index is 0.123. The van der Waals surface area contributed by atoms with Crippen molar-refractivity contribution in [2.45, 2.75) is 0 Å². The van der Waals surface area contributed by atoms with Crippen molar-refractivity contribution < 1.29 is 14.1 Å². The number of nitro groups is 1. The summed E-state index contributed by atoms with van der Waals surface area (Å²) in [5, 5.41) is 11.9. The standard InChI is InChI=1S/C18H16ClFN4O3S/c1-22(2)7-8-23(18-21-14-5-4-12(20)10-16(14)28-18)17(25)13-9-11(19)3-6-15(13)24(26)27/h3-6,9-10H,7-8H2,1-2H3. The number of rotatable bonds is 6. The highest BCUT2D eigenvalue weighted by Crippen LogP contribution is 2.32. The van der Waals surface area contributed by atoms with E-state index in [4.69, 9.17) is 11.6 Å². The minimum atomic E-state index is -0.624. The molecule has 0 saturated heterocycles. The van der Waals surface area contributed by atoms with Crippen LogP contribution in [-0.2, 0) is 0 Å². The molecule has 146 valence electrons. The summed E-state index contributed by atoms with van der Waals surface area (Å²) >= 11 is 7.11. The van der Waals surface area contributed by atoms with Gasteiger partial charge in [-0.05, 0) is 44.4 Å². The molecule has 0 fully saturated rings. The van der Waals surface area contributed by atoms with Gasteiger partial charge in [0.1, 0.15) is 11.4 Å². The summed E-state index contributed by atoms with van der Waals surface area (Å²) in [7, 11) is 3.69. The first-order valence-corrected chi connectivity index (χ1v) is 9.42. The monoisotopic (exact) mass is 422 g/mol. The summed E-state index contributed by atoms with van der Waals surface area (Å²) in [5.41, 5.74) is 0.0859. The lowest BCUT2D eigenvalue weighted by Gasteiger charge is -2.22. The van der Waals surface area contributed by atoms with Crippen molar-refractivity contribution in [3.63, 3.8) is 0 Å². The Morgan fingerprint density at radius 3 is 2.68 bits per heavy atom. The molecule has 1 amide bonds. The molecule has 7 nitrogen and oxygen atoms in total. The number of hydrogen-bond donors (Lipinski definition) is 0. The fraction of sp³-hybridized carbons (Fsp3) is 0.222. The number of nitro benzene ring substituents is 1. The van der Waals surface area contributed by atoms with Crippen LogP contribution in [0.1, 0.15) is 10.4 Å². The number of carbonyl (C=O) groups excluding carboxylic acids is 1. The molecule has 10 heteroatoms. The van der Waals surface area contributed by atoms with Crippen molar-refractivity contribution in [2.75, 3.05) is 32.1 Å². The Balaban J connectivity index is 2.07. The minimum Gasteiger partial charge on any atom is -0.308 e. The topological polar surface area (TPSA) is 79.6 Å². The van der Waals surface area contributed by atoms with E-state index in [2.05, 4.69) is 4.98 Å². The third-order valence-corrected chi connectivity index (χ3v) is 5.25. The van der Waals surface area contributed by atoms with E-state index in [1.807, 2.05) is 19.0 Å². The number of nitrogens with zero attached hydrogens (tertiary/aromatic N) is 4. The molecule has 28 heavy (non-hydrogen) atoms. The highest BCUT2D eigenvalue weighted by Gasteiger charge is 2.28. The third kappa shape index (κ3) is 4.27. The number of hydrogen-bond acceptors (Lipinski definition) is 6. The molecule has 0 aliphatic heterocycles. The number of halogens is 2. The van der Waals surface area contributed by atoms with Crippen molar-refractivity contribution in [2.24, 2.45) is 0 Å². The molecule has 3 aromatic rings. The Morgan fingerprint density at radius 1 is 1.25 bits per heavy atom. The Bertz CT molecular complexity index is 1060. The first-order valence-electron chi connectivity index (χ1n) is 8.23. The van der Waals surface area contributed by atoms with E-state index in [0.29, 0.717) is 21.9 Å². The molecule has 1 heterocycles. The summed E-state index contributed by atoms with van der Waals surface area (Å²) in [5.74, 6) is -0.991. The van der Waals surface area contributed by atoms with Gasteiger partial charge in [-0.3, -0.25) is 19.8 Å². The molecule has 0 radical (unpaired) electrons. The van der Waals surface area contributed by atoms with E-state index in [0.717, 1.165) is 11.3 Å². The SMILES string of the molecule is CN(C)CCN(C(=O)c1cc(Cl)ccc1[N+](=O)[O-])c1nc2ccc(F)cc2s1. The van der Waals surface area contributed by atoms with Crippen LogP contribution in [0.25, 0.3) is 10.2 Å². The summed E-state index contributed by atoms with van der Waals surface area (Å²) < 4.78 is 14.1. The van der Waals surface area contributed by atoms with E-state index in [1.54, 1.807) is 0 Å². The second kappa shape index (κ2) is 8.17. The van der Waals surface area contributed by atoms with E-state index < -0.39 is 16.6 Å². The first kappa shape index (κ1) is 20.1. The maximum atomic E-state index is 13.5. The molecular formula is C18H16ClFN4O3S. The number of anilines is 1. The van der Waals surface area contributed by atoms with Gasteiger partial charge in [-0.15, -0.1) is 0 Å². The summed E-state index contributed by atoms with van der Waals surface area (Å²) in [6.07, 6.45) is 0. The number of carbonyl (C=O) groups is 1. The van der Waals surface area contributed by atoms with Gasteiger partial charge in [-0.1, -0.05) is 22.9 Å². The zero-order valence-electron chi connectivity index (χ0n) is 15.1. The van der Waals surface area contributed by atoms with Gasteiger partial charge < -0.3 is 4.90 Å². The number of fused-ring (bicyclic) bond motifs is 1. The molecular weight excluding hydrogens is 407 g/mol. The number of amides is 1. The molecule has 0 aliphatic rings. The van der Waals surface area contributed by atoms with Crippen LogP contribution >= 0.6 is 22.9 Å². The van der Waals surface area contributed by atoms with Crippen LogP contribution in [-0.4, -0.2) is 47.9 Å². The zero-order chi connectivity index (χ0) is 20.4. The highest BCUT2D eigenvalue weighted by atomic mass is 35.5. The average Bonchev–Trinajstić information content (AvgIpc) is 3.03. The molecule has 0 bridgehead atoms. The van der Waals surface area contributed by atoms with Gasteiger partial charge in [0.25, 0.3) is 11.6 Å². The van der Waals surface area contributed by atoms with Crippen LogP contribution < -0.4 is 4.90 Å². The fourth-order valence-electron chi connectivity index (χ4n) is 2.57. The number of thiazole rings is 1. The maximum Gasteiger partial charge on any atom is 0.282 e. The fourth-order valence-corrected chi connectivity index (χ4v) is 3.76. The summed E-state index contributed by atoms with van der Waals surface area (Å²) in [6.45, 7) is 0.752. The molecule has 0 atom stereocenters. The number of likely N-dealkylation sites (N-methyl/N-ethyl adjacent to an activating group) is 1.